The zero-order valence-corrected chi connectivity index (χ0v) is 5.45. The van der Waals surface area contributed by atoms with Crippen molar-refractivity contribution in [2.45, 2.75) is 12.8 Å². The van der Waals surface area contributed by atoms with Crippen molar-refractivity contribution in [2.24, 2.45) is 0 Å². The first-order valence-corrected chi connectivity index (χ1v) is 3.56. The minimum atomic E-state index is 1.11. The number of quaternary nitrogens is 2. The smallest absolute Gasteiger partial charge is 0.127 e. The summed E-state index contributed by atoms with van der Waals surface area (Å²) in [4.78, 5) is 1.76. The Kier molecular flexibility index (Phi) is 2.30. The average Bonchev–Trinajstić information content (AvgIpc) is 2.19. The molecule has 0 radical (unpaired) electrons. The first-order valence-electron chi connectivity index (χ1n) is 3.56. The maximum atomic E-state index is 3.83. The number of hydrogen-bond acceptors (Lipinski definition) is 0. The van der Waals surface area contributed by atoms with Gasteiger partial charge in [0.05, 0.1) is 13.1 Å². The largest absolute Gasteiger partial charge is 0.353 e. The molecule has 0 aromatic heterocycles. The Morgan fingerprint density at radius 3 is 2.38 bits per heavy atom. The van der Waals surface area contributed by atoms with Crippen molar-refractivity contribution in [3.8, 4) is 0 Å². The summed E-state index contributed by atoms with van der Waals surface area (Å²) in [6, 6.07) is 0. The quantitative estimate of drug-likeness (QED) is 0.414. The van der Waals surface area contributed by atoms with E-state index in [9.17, 15) is 0 Å². The van der Waals surface area contributed by atoms with Gasteiger partial charge in [-0.05, 0) is 0 Å². The zero-order valence-electron chi connectivity index (χ0n) is 5.45. The Morgan fingerprint density at radius 2 is 1.88 bits per heavy atom. The molecule has 0 spiro atoms. The Hall–Kier alpha value is -0.0800. The molecule has 1 rings (SSSR count). The van der Waals surface area contributed by atoms with E-state index in [1.807, 2.05) is 0 Å². The summed E-state index contributed by atoms with van der Waals surface area (Å²) in [5.74, 6) is 0. The highest BCUT2D eigenvalue weighted by atomic mass is 15.1. The molecule has 2 nitrogen and oxygen atoms in total. The van der Waals surface area contributed by atoms with Crippen LogP contribution in [0.2, 0.25) is 0 Å². The van der Waals surface area contributed by atoms with Crippen LogP contribution in [0.15, 0.2) is 0 Å². The minimum absolute atomic E-state index is 1.11. The third kappa shape index (κ3) is 1.46. The molecule has 1 heterocycles. The second kappa shape index (κ2) is 3.05. The normalized spacial score (nSPS) is 22.1. The van der Waals surface area contributed by atoms with Gasteiger partial charge >= 0.3 is 0 Å². The third-order valence-corrected chi connectivity index (χ3v) is 1.84. The van der Waals surface area contributed by atoms with Crippen LogP contribution in [0.1, 0.15) is 12.8 Å². The van der Waals surface area contributed by atoms with Gasteiger partial charge < -0.3 is 10.6 Å². The summed E-state index contributed by atoms with van der Waals surface area (Å²) < 4.78 is 0. The molecule has 48 valence electrons. The van der Waals surface area contributed by atoms with E-state index in [-0.39, 0.29) is 0 Å². The van der Waals surface area contributed by atoms with Gasteiger partial charge in [0.2, 0.25) is 0 Å². The molecular formula is C6H16N2+2. The lowest BCUT2D eigenvalue weighted by Crippen LogP contribution is -3.11. The van der Waals surface area contributed by atoms with Crippen molar-refractivity contribution < 1.29 is 10.6 Å². The van der Waals surface area contributed by atoms with Crippen LogP contribution in [0.25, 0.3) is 0 Å². The van der Waals surface area contributed by atoms with E-state index in [1.54, 1.807) is 4.90 Å². The van der Waals surface area contributed by atoms with Crippen LogP contribution in [0.3, 0.4) is 0 Å². The summed E-state index contributed by atoms with van der Waals surface area (Å²) in [6.45, 7) is 5.19. The van der Waals surface area contributed by atoms with Crippen molar-refractivity contribution >= 4 is 0 Å². The molecule has 2 heteroatoms. The van der Waals surface area contributed by atoms with Gasteiger partial charge in [0.1, 0.15) is 13.1 Å². The van der Waals surface area contributed by atoms with Gasteiger partial charge in [0, 0.05) is 12.8 Å². The molecule has 0 atom stereocenters. The summed E-state index contributed by atoms with van der Waals surface area (Å²) in [6.07, 6.45) is 2.88. The lowest BCUT2D eigenvalue weighted by molar-refractivity contribution is -0.892. The Bertz CT molecular complexity index is 57.5. The highest BCUT2D eigenvalue weighted by Gasteiger charge is 2.13. The van der Waals surface area contributed by atoms with E-state index >= 15 is 0 Å². The molecule has 4 N–H and O–H groups in total. The van der Waals surface area contributed by atoms with Crippen LogP contribution < -0.4 is 10.6 Å². The van der Waals surface area contributed by atoms with Crippen LogP contribution >= 0.6 is 0 Å². The van der Waals surface area contributed by atoms with Crippen molar-refractivity contribution in [3.63, 3.8) is 0 Å². The first-order chi connectivity index (χ1) is 3.93. The maximum absolute atomic E-state index is 3.83. The molecule has 1 aliphatic heterocycles. The van der Waals surface area contributed by atoms with Gasteiger partial charge in [-0.2, -0.15) is 0 Å². The molecule has 0 unspecified atom stereocenters. The van der Waals surface area contributed by atoms with Crippen LogP contribution in [0.4, 0.5) is 0 Å². The van der Waals surface area contributed by atoms with Crippen molar-refractivity contribution in [2.75, 3.05) is 26.2 Å². The molecule has 0 saturated carbocycles. The fraction of sp³-hybridized carbons (Fsp3) is 1.00. The van der Waals surface area contributed by atoms with Crippen molar-refractivity contribution in [3.05, 3.63) is 0 Å². The molecule has 0 amide bonds. The fourth-order valence-corrected chi connectivity index (χ4v) is 1.37. The van der Waals surface area contributed by atoms with E-state index < -0.39 is 0 Å². The van der Waals surface area contributed by atoms with Crippen molar-refractivity contribution in [1.82, 2.24) is 0 Å². The summed E-state index contributed by atoms with van der Waals surface area (Å²) in [7, 11) is 0. The molecule has 0 bridgehead atoms. The van der Waals surface area contributed by atoms with E-state index in [1.165, 1.54) is 32.5 Å². The molecule has 0 aliphatic carbocycles. The predicted molar refractivity (Wildman–Crippen MR) is 32.6 cm³/mol. The molecule has 1 aliphatic rings. The monoisotopic (exact) mass is 116 g/mol. The van der Waals surface area contributed by atoms with E-state index in [2.05, 4.69) is 5.73 Å². The second-order valence-electron chi connectivity index (χ2n) is 2.56. The first kappa shape index (κ1) is 6.05. The molecule has 1 fully saturated rings. The Balaban J connectivity index is 2.06. The average molecular weight is 116 g/mol. The highest BCUT2D eigenvalue weighted by Crippen LogP contribution is 1.85. The molecule has 0 aromatic rings. The Labute approximate surface area is 50.7 Å². The van der Waals surface area contributed by atoms with Crippen LogP contribution in [-0.4, -0.2) is 26.2 Å². The van der Waals surface area contributed by atoms with Crippen LogP contribution in [0.5, 0.6) is 0 Å². The predicted octanol–water partition coefficient (Wildman–Crippen LogP) is -2.09. The minimum Gasteiger partial charge on any atom is -0.353 e. The highest BCUT2D eigenvalue weighted by molar-refractivity contribution is 4.43. The lowest BCUT2D eigenvalue weighted by atomic mass is 10.4. The summed E-state index contributed by atoms with van der Waals surface area (Å²) >= 11 is 0. The lowest BCUT2D eigenvalue weighted by Gasteiger charge is -2.07. The van der Waals surface area contributed by atoms with E-state index in [0.29, 0.717) is 0 Å². The van der Waals surface area contributed by atoms with Gasteiger partial charge in [-0.1, -0.05) is 0 Å². The van der Waals surface area contributed by atoms with Crippen LogP contribution in [0, 0.1) is 0 Å². The fourth-order valence-electron chi connectivity index (χ4n) is 1.37. The molecule has 0 aromatic carbocycles. The van der Waals surface area contributed by atoms with Gasteiger partial charge in [-0.25, -0.2) is 0 Å². The number of rotatable bonds is 2. The van der Waals surface area contributed by atoms with Gasteiger partial charge in [-0.3, -0.25) is 0 Å². The zero-order chi connectivity index (χ0) is 5.82. The maximum Gasteiger partial charge on any atom is 0.127 e. The number of likely N-dealkylation sites (tertiary alicyclic amines) is 1. The molecule has 1 saturated heterocycles. The second-order valence-corrected chi connectivity index (χ2v) is 2.56. The molecule has 8 heavy (non-hydrogen) atoms. The standard InChI is InChI=1S/C6H14N2/c7-3-6-8-4-1-2-5-8/h1-7H2/p+2. The Morgan fingerprint density at radius 1 is 1.25 bits per heavy atom. The number of hydrogen-bond donors (Lipinski definition) is 2. The summed E-state index contributed by atoms with van der Waals surface area (Å²) in [5, 5.41) is 0. The topological polar surface area (TPSA) is 32.1 Å². The molecular weight excluding hydrogens is 100 g/mol. The van der Waals surface area contributed by atoms with Crippen molar-refractivity contribution in [1.29, 1.82) is 0 Å². The van der Waals surface area contributed by atoms with E-state index in [4.69, 9.17) is 0 Å². The number of nitrogens with one attached hydrogen (secondary N) is 1. The van der Waals surface area contributed by atoms with Crippen LogP contribution in [-0.2, 0) is 0 Å². The van der Waals surface area contributed by atoms with E-state index in [0.717, 1.165) is 6.54 Å². The van der Waals surface area contributed by atoms with Gasteiger partial charge in [-0.15, -0.1) is 0 Å². The van der Waals surface area contributed by atoms with Gasteiger partial charge in [0.15, 0.2) is 0 Å². The van der Waals surface area contributed by atoms with Gasteiger partial charge in [0.25, 0.3) is 0 Å². The third-order valence-electron chi connectivity index (χ3n) is 1.84. The summed E-state index contributed by atoms with van der Waals surface area (Å²) in [5.41, 5.74) is 3.83. The SMILES string of the molecule is [NH3+]CC[NH+]1CCCC1.